The van der Waals surface area contributed by atoms with Crippen LogP contribution in [-0.4, -0.2) is 5.78 Å². The molecule has 0 radical (unpaired) electrons. The van der Waals surface area contributed by atoms with Crippen molar-refractivity contribution >= 4 is 16.6 Å². The molecule has 0 bridgehead atoms. The first-order valence-electron chi connectivity index (χ1n) is 7.10. The maximum Gasteiger partial charge on any atom is 0.187 e. The van der Waals surface area contributed by atoms with Gasteiger partial charge in [0.2, 0.25) is 0 Å². The van der Waals surface area contributed by atoms with E-state index in [1.807, 2.05) is 72.8 Å². The van der Waals surface area contributed by atoms with E-state index in [1.165, 1.54) is 6.08 Å². The quantitative estimate of drug-likeness (QED) is 0.380. The lowest BCUT2D eigenvalue weighted by Crippen LogP contribution is -1.95. The summed E-state index contributed by atoms with van der Waals surface area (Å²) >= 11 is 0. The van der Waals surface area contributed by atoms with Gasteiger partial charge in [0.15, 0.2) is 5.78 Å². The third-order valence-corrected chi connectivity index (χ3v) is 3.36. The summed E-state index contributed by atoms with van der Waals surface area (Å²) in [7, 11) is 0. The summed E-state index contributed by atoms with van der Waals surface area (Å²) in [6.45, 7) is 0. The molecule has 1 heteroatoms. The molecule has 22 heavy (non-hydrogen) atoms. The van der Waals surface area contributed by atoms with E-state index in [0.717, 1.165) is 16.3 Å². The second-order valence-electron chi connectivity index (χ2n) is 4.86. The maximum absolute atomic E-state index is 12.3. The zero-order chi connectivity index (χ0) is 15.2. The van der Waals surface area contributed by atoms with Gasteiger partial charge in [-0.15, -0.1) is 0 Å². The molecule has 0 fully saturated rings. The summed E-state index contributed by atoms with van der Waals surface area (Å²) in [5, 5.41) is 2.03. The Bertz CT molecular complexity index is 888. The van der Waals surface area contributed by atoms with Crippen molar-refractivity contribution < 1.29 is 4.79 Å². The molecule has 0 amide bonds. The molecule has 0 N–H and O–H groups in total. The first-order valence-corrected chi connectivity index (χ1v) is 7.10. The number of ketones is 1. The monoisotopic (exact) mass is 282 g/mol. The normalized spacial score (nSPS) is 10.4. The Morgan fingerprint density at radius 3 is 2.41 bits per heavy atom. The van der Waals surface area contributed by atoms with Crippen LogP contribution in [0.5, 0.6) is 0 Å². The third-order valence-electron chi connectivity index (χ3n) is 3.36. The standard InChI is InChI=1S/C21H14O/c22-21(16-7-4-11-17-9-2-1-3-10-17)20-15-8-13-18-12-5-6-14-19(18)20/h1-3,5-10,12-16H/b16-7+. The summed E-state index contributed by atoms with van der Waals surface area (Å²) in [6.07, 6.45) is 3.13. The van der Waals surface area contributed by atoms with Gasteiger partial charge in [-0.1, -0.05) is 72.5 Å². The zero-order valence-corrected chi connectivity index (χ0v) is 12.0. The van der Waals surface area contributed by atoms with Crippen molar-refractivity contribution in [2.45, 2.75) is 0 Å². The van der Waals surface area contributed by atoms with Crippen LogP contribution >= 0.6 is 0 Å². The third kappa shape index (κ3) is 3.13. The van der Waals surface area contributed by atoms with Gasteiger partial charge in [-0.25, -0.2) is 0 Å². The van der Waals surface area contributed by atoms with Crippen LogP contribution in [-0.2, 0) is 0 Å². The Morgan fingerprint density at radius 1 is 0.818 bits per heavy atom. The molecule has 1 nitrogen and oxygen atoms in total. The van der Waals surface area contributed by atoms with Crippen molar-refractivity contribution in [2.24, 2.45) is 0 Å². The van der Waals surface area contributed by atoms with E-state index in [2.05, 4.69) is 11.8 Å². The van der Waals surface area contributed by atoms with Gasteiger partial charge in [-0.2, -0.15) is 0 Å². The summed E-state index contributed by atoms with van der Waals surface area (Å²) in [5.74, 6) is 5.87. The molecule has 0 aliphatic heterocycles. The molecule has 0 spiro atoms. The van der Waals surface area contributed by atoms with E-state index >= 15 is 0 Å². The van der Waals surface area contributed by atoms with Gasteiger partial charge >= 0.3 is 0 Å². The van der Waals surface area contributed by atoms with E-state index in [4.69, 9.17) is 0 Å². The number of fused-ring (bicyclic) bond motifs is 1. The zero-order valence-electron chi connectivity index (χ0n) is 12.0. The van der Waals surface area contributed by atoms with Crippen LogP contribution in [0.15, 0.2) is 84.9 Å². The fourth-order valence-corrected chi connectivity index (χ4v) is 2.29. The van der Waals surface area contributed by atoms with Crippen LogP contribution in [0.2, 0.25) is 0 Å². The van der Waals surface area contributed by atoms with Crippen molar-refractivity contribution in [2.75, 3.05) is 0 Å². The van der Waals surface area contributed by atoms with E-state index in [1.54, 1.807) is 6.08 Å². The summed E-state index contributed by atoms with van der Waals surface area (Å²) in [6, 6.07) is 23.3. The minimum atomic E-state index is -0.0286. The van der Waals surface area contributed by atoms with Crippen molar-refractivity contribution in [1.29, 1.82) is 0 Å². The minimum absolute atomic E-state index is 0.0286. The molecule has 0 aliphatic rings. The summed E-state index contributed by atoms with van der Waals surface area (Å²) in [4.78, 5) is 12.3. The van der Waals surface area contributed by atoms with Crippen LogP contribution in [0, 0.1) is 11.8 Å². The van der Waals surface area contributed by atoms with Crippen LogP contribution in [0.3, 0.4) is 0 Å². The second-order valence-corrected chi connectivity index (χ2v) is 4.86. The first kappa shape index (κ1) is 13.9. The number of allylic oxidation sites excluding steroid dienone is 2. The van der Waals surface area contributed by atoms with Gasteiger partial charge in [-0.05, 0) is 35.1 Å². The smallest absolute Gasteiger partial charge is 0.187 e. The molecule has 0 aromatic heterocycles. The number of hydrogen-bond donors (Lipinski definition) is 0. The Labute approximate surface area is 129 Å². The average molecular weight is 282 g/mol. The Hall–Kier alpha value is -3.11. The number of hydrogen-bond acceptors (Lipinski definition) is 1. The highest BCUT2D eigenvalue weighted by molar-refractivity contribution is 6.13. The van der Waals surface area contributed by atoms with Crippen molar-refractivity contribution in [3.05, 3.63) is 96.1 Å². The van der Waals surface area contributed by atoms with E-state index in [0.29, 0.717) is 5.56 Å². The fourth-order valence-electron chi connectivity index (χ4n) is 2.29. The lowest BCUT2D eigenvalue weighted by Gasteiger charge is -2.02. The maximum atomic E-state index is 12.3. The van der Waals surface area contributed by atoms with E-state index in [9.17, 15) is 4.79 Å². The van der Waals surface area contributed by atoms with Crippen molar-refractivity contribution in [3.63, 3.8) is 0 Å². The number of carbonyl (C=O) groups is 1. The predicted octanol–water partition coefficient (Wildman–Crippen LogP) is 4.63. The highest BCUT2D eigenvalue weighted by Gasteiger charge is 2.05. The Kier molecular flexibility index (Phi) is 4.13. The number of carbonyl (C=O) groups excluding carboxylic acids is 1. The molecule has 3 aromatic rings. The van der Waals surface area contributed by atoms with Gasteiger partial charge in [0.05, 0.1) is 0 Å². The number of rotatable bonds is 2. The molecular formula is C21H14O. The molecule has 0 heterocycles. The molecule has 0 aliphatic carbocycles. The van der Waals surface area contributed by atoms with Gasteiger partial charge in [0.1, 0.15) is 0 Å². The fraction of sp³-hybridized carbons (Fsp3) is 0. The van der Waals surface area contributed by atoms with Crippen LogP contribution in [0.1, 0.15) is 15.9 Å². The van der Waals surface area contributed by atoms with Crippen molar-refractivity contribution in [1.82, 2.24) is 0 Å². The lowest BCUT2D eigenvalue weighted by atomic mass is 10.0. The molecule has 0 saturated carbocycles. The second kappa shape index (κ2) is 6.56. The van der Waals surface area contributed by atoms with Crippen LogP contribution in [0.25, 0.3) is 10.8 Å². The highest BCUT2D eigenvalue weighted by atomic mass is 16.1. The molecule has 0 atom stereocenters. The molecule has 3 rings (SSSR count). The van der Waals surface area contributed by atoms with Gasteiger partial charge in [-0.3, -0.25) is 4.79 Å². The SMILES string of the molecule is O=C(/C=C/C#Cc1ccccc1)c1cccc2ccccc12. The lowest BCUT2D eigenvalue weighted by molar-refractivity contribution is 0.104. The topological polar surface area (TPSA) is 17.1 Å². The average Bonchev–Trinajstić information content (AvgIpc) is 2.59. The minimum Gasteiger partial charge on any atom is -0.289 e. The Balaban J connectivity index is 1.82. The van der Waals surface area contributed by atoms with Crippen molar-refractivity contribution in [3.8, 4) is 11.8 Å². The van der Waals surface area contributed by atoms with E-state index < -0.39 is 0 Å². The van der Waals surface area contributed by atoms with Crippen LogP contribution in [0.4, 0.5) is 0 Å². The summed E-state index contributed by atoms with van der Waals surface area (Å²) < 4.78 is 0. The van der Waals surface area contributed by atoms with Gasteiger partial charge in [0, 0.05) is 11.1 Å². The molecule has 3 aromatic carbocycles. The molecular weight excluding hydrogens is 268 g/mol. The van der Waals surface area contributed by atoms with Gasteiger partial charge in [0.25, 0.3) is 0 Å². The number of benzene rings is 3. The Morgan fingerprint density at radius 2 is 1.55 bits per heavy atom. The first-order chi connectivity index (χ1) is 10.8. The molecule has 104 valence electrons. The molecule has 0 saturated heterocycles. The predicted molar refractivity (Wildman–Crippen MR) is 90.7 cm³/mol. The summed E-state index contributed by atoms with van der Waals surface area (Å²) in [5.41, 5.74) is 1.64. The van der Waals surface area contributed by atoms with Crippen LogP contribution < -0.4 is 0 Å². The van der Waals surface area contributed by atoms with E-state index in [-0.39, 0.29) is 5.78 Å². The highest BCUT2D eigenvalue weighted by Crippen LogP contribution is 2.19. The molecule has 0 unspecified atom stereocenters. The largest absolute Gasteiger partial charge is 0.289 e. The van der Waals surface area contributed by atoms with Gasteiger partial charge < -0.3 is 0 Å².